The summed E-state index contributed by atoms with van der Waals surface area (Å²) < 4.78 is 10.5. The van der Waals surface area contributed by atoms with Crippen molar-refractivity contribution in [2.24, 2.45) is 5.73 Å². The van der Waals surface area contributed by atoms with E-state index < -0.39 is 5.54 Å². The van der Waals surface area contributed by atoms with Gasteiger partial charge in [-0.25, -0.2) is 0 Å². The van der Waals surface area contributed by atoms with Crippen LogP contribution in [-0.4, -0.2) is 33.6 Å². The molecule has 3 N–H and O–H groups in total. The Balaban J connectivity index is 2.23. The van der Waals surface area contributed by atoms with Crippen molar-refractivity contribution >= 4 is 0 Å². The number of ether oxygens (including phenoxy) is 1. The van der Waals surface area contributed by atoms with Gasteiger partial charge in [0.05, 0.1) is 18.4 Å². The summed E-state index contributed by atoms with van der Waals surface area (Å²) in [6, 6.07) is 0. The Hall–Kier alpha value is -1.73. The van der Waals surface area contributed by atoms with E-state index in [0.717, 1.165) is 11.3 Å². The highest BCUT2D eigenvalue weighted by Crippen LogP contribution is 2.22. The molecule has 0 aliphatic rings. The number of aromatic nitrogens is 4. The number of rotatable bonds is 5. The molecule has 0 saturated heterocycles. The summed E-state index contributed by atoms with van der Waals surface area (Å²) in [5.41, 5.74) is 6.97. The Morgan fingerprint density at radius 3 is 2.94 bits per heavy atom. The Morgan fingerprint density at radius 1 is 1.56 bits per heavy atom. The average molecular weight is 251 g/mol. The van der Waals surface area contributed by atoms with Crippen molar-refractivity contribution < 1.29 is 9.26 Å². The van der Waals surface area contributed by atoms with Crippen molar-refractivity contribution in [3.8, 4) is 11.5 Å². The van der Waals surface area contributed by atoms with Crippen LogP contribution in [0.3, 0.4) is 0 Å². The van der Waals surface area contributed by atoms with Gasteiger partial charge in [-0.2, -0.15) is 10.1 Å². The number of aryl methyl sites for hydroxylation is 1. The van der Waals surface area contributed by atoms with Gasteiger partial charge in [-0.1, -0.05) is 5.16 Å². The topological polar surface area (TPSA) is 103 Å². The lowest BCUT2D eigenvalue weighted by molar-refractivity contribution is 0.0962. The fourth-order valence-corrected chi connectivity index (χ4v) is 1.51. The van der Waals surface area contributed by atoms with Crippen LogP contribution in [0.15, 0.2) is 10.7 Å². The first-order valence-corrected chi connectivity index (χ1v) is 5.75. The average Bonchev–Trinajstić information content (AvgIpc) is 2.94. The molecular formula is C11H17N5O2. The van der Waals surface area contributed by atoms with Crippen molar-refractivity contribution in [2.75, 3.05) is 13.2 Å². The van der Waals surface area contributed by atoms with Crippen LogP contribution in [-0.2, 0) is 10.3 Å². The molecule has 2 aromatic heterocycles. The normalized spacial score (nSPS) is 14.7. The van der Waals surface area contributed by atoms with E-state index in [-0.39, 0.29) is 0 Å². The van der Waals surface area contributed by atoms with Gasteiger partial charge in [-0.05, 0) is 20.8 Å². The molecular weight excluding hydrogens is 234 g/mol. The zero-order chi connectivity index (χ0) is 13.2. The Labute approximate surface area is 105 Å². The standard InChI is InChI=1S/C11H17N5O2/c1-4-17-6-11(3,12)10-14-9(18-16-10)8-5-13-15-7(8)2/h5H,4,6,12H2,1-3H3,(H,13,15). The molecule has 0 aliphatic carbocycles. The van der Waals surface area contributed by atoms with Gasteiger partial charge in [-0.3, -0.25) is 5.10 Å². The van der Waals surface area contributed by atoms with E-state index in [1.807, 2.05) is 13.8 Å². The smallest absolute Gasteiger partial charge is 0.261 e. The summed E-state index contributed by atoms with van der Waals surface area (Å²) in [6.07, 6.45) is 1.64. The predicted octanol–water partition coefficient (Wildman–Crippen LogP) is 0.979. The third-order valence-electron chi connectivity index (χ3n) is 2.60. The van der Waals surface area contributed by atoms with Crippen molar-refractivity contribution in [3.63, 3.8) is 0 Å². The molecule has 1 unspecified atom stereocenters. The van der Waals surface area contributed by atoms with Crippen LogP contribution in [0.1, 0.15) is 25.4 Å². The fourth-order valence-electron chi connectivity index (χ4n) is 1.51. The summed E-state index contributed by atoms with van der Waals surface area (Å²) >= 11 is 0. The Morgan fingerprint density at radius 2 is 2.33 bits per heavy atom. The summed E-state index contributed by atoms with van der Waals surface area (Å²) in [4.78, 5) is 4.30. The second-order valence-electron chi connectivity index (χ2n) is 4.39. The molecule has 18 heavy (non-hydrogen) atoms. The van der Waals surface area contributed by atoms with Crippen LogP contribution in [0.25, 0.3) is 11.5 Å². The van der Waals surface area contributed by atoms with Crippen LogP contribution in [0, 0.1) is 6.92 Å². The van der Waals surface area contributed by atoms with Gasteiger partial charge >= 0.3 is 0 Å². The van der Waals surface area contributed by atoms with Crippen LogP contribution < -0.4 is 5.73 Å². The molecule has 2 aromatic rings. The molecule has 0 spiro atoms. The molecule has 0 aromatic carbocycles. The highest BCUT2D eigenvalue weighted by Gasteiger charge is 2.28. The minimum atomic E-state index is -0.768. The molecule has 7 heteroatoms. The van der Waals surface area contributed by atoms with E-state index in [1.54, 1.807) is 13.1 Å². The lowest BCUT2D eigenvalue weighted by Crippen LogP contribution is -2.39. The van der Waals surface area contributed by atoms with Gasteiger partial charge < -0.3 is 15.0 Å². The summed E-state index contributed by atoms with van der Waals surface area (Å²) in [5, 5.41) is 10.6. The van der Waals surface area contributed by atoms with Gasteiger partial charge in [0, 0.05) is 12.3 Å². The molecule has 0 radical (unpaired) electrons. The van der Waals surface area contributed by atoms with Gasteiger partial charge in [-0.15, -0.1) is 0 Å². The first kappa shape index (κ1) is 12.7. The number of nitrogens with two attached hydrogens (primary N) is 1. The predicted molar refractivity (Wildman–Crippen MR) is 64.6 cm³/mol. The van der Waals surface area contributed by atoms with E-state index in [1.165, 1.54) is 0 Å². The lowest BCUT2D eigenvalue weighted by atomic mass is 10.1. The number of aromatic amines is 1. The summed E-state index contributed by atoms with van der Waals surface area (Å²) in [7, 11) is 0. The van der Waals surface area contributed by atoms with E-state index in [9.17, 15) is 0 Å². The molecule has 7 nitrogen and oxygen atoms in total. The first-order valence-electron chi connectivity index (χ1n) is 5.75. The number of H-pyrrole nitrogens is 1. The van der Waals surface area contributed by atoms with E-state index >= 15 is 0 Å². The molecule has 2 rings (SSSR count). The third-order valence-corrected chi connectivity index (χ3v) is 2.60. The minimum Gasteiger partial charge on any atom is -0.379 e. The van der Waals surface area contributed by atoms with Crippen molar-refractivity contribution in [1.82, 2.24) is 20.3 Å². The molecule has 0 fully saturated rings. The van der Waals surface area contributed by atoms with E-state index in [0.29, 0.717) is 24.9 Å². The Bertz CT molecular complexity index is 517. The zero-order valence-electron chi connectivity index (χ0n) is 10.7. The summed E-state index contributed by atoms with van der Waals surface area (Å²) in [5.74, 6) is 0.830. The SMILES string of the molecule is CCOCC(C)(N)c1noc(-c2cn[nH]c2C)n1. The number of nitrogens with one attached hydrogen (secondary N) is 1. The highest BCUT2D eigenvalue weighted by atomic mass is 16.5. The second kappa shape index (κ2) is 4.87. The maximum absolute atomic E-state index is 6.10. The number of hydrogen-bond acceptors (Lipinski definition) is 6. The number of hydrogen-bond donors (Lipinski definition) is 2. The maximum Gasteiger partial charge on any atom is 0.261 e. The monoisotopic (exact) mass is 251 g/mol. The van der Waals surface area contributed by atoms with Crippen molar-refractivity contribution in [3.05, 3.63) is 17.7 Å². The van der Waals surface area contributed by atoms with Crippen molar-refractivity contribution in [2.45, 2.75) is 26.3 Å². The molecule has 2 heterocycles. The molecule has 1 atom stereocenters. The molecule has 98 valence electrons. The van der Waals surface area contributed by atoms with Gasteiger partial charge in [0.25, 0.3) is 5.89 Å². The number of nitrogens with zero attached hydrogens (tertiary/aromatic N) is 3. The van der Waals surface area contributed by atoms with Gasteiger partial charge in [0.2, 0.25) is 0 Å². The van der Waals surface area contributed by atoms with Crippen LogP contribution in [0.2, 0.25) is 0 Å². The quantitative estimate of drug-likeness (QED) is 0.821. The van der Waals surface area contributed by atoms with Crippen LogP contribution in [0.5, 0.6) is 0 Å². The minimum absolute atomic E-state index is 0.340. The van der Waals surface area contributed by atoms with Gasteiger partial charge in [0.1, 0.15) is 5.54 Å². The molecule has 0 saturated carbocycles. The van der Waals surface area contributed by atoms with Gasteiger partial charge in [0.15, 0.2) is 5.82 Å². The third kappa shape index (κ3) is 2.41. The first-order chi connectivity index (χ1) is 8.54. The van der Waals surface area contributed by atoms with E-state index in [4.69, 9.17) is 15.0 Å². The zero-order valence-corrected chi connectivity index (χ0v) is 10.7. The largest absolute Gasteiger partial charge is 0.379 e. The Kier molecular flexibility index (Phi) is 3.44. The molecule has 0 amide bonds. The second-order valence-corrected chi connectivity index (χ2v) is 4.39. The highest BCUT2D eigenvalue weighted by molar-refractivity contribution is 5.54. The van der Waals surface area contributed by atoms with Crippen molar-refractivity contribution in [1.29, 1.82) is 0 Å². The van der Waals surface area contributed by atoms with Crippen LogP contribution in [0.4, 0.5) is 0 Å². The lowest BCUT2D eigenvalue weighted by Gasteiger charge is -2.19. The molecule has 0 aliphatic heterocycles. The summed E-state index contributed by atoms with van der Waals surface area (Å²) in [6.45, 7) is 6.53. The fraction of sp³-hybridized carbons (Fsp3) is 0.545. The maximum atomic E-state index is 6.10. The van der Waals surface area contributed by atoms with Crippen LogP contribution >= 0.6 is 0 Å². The van der Waals surface area contributed by atoms with E-state index in [2.05, 4.69) is 20.3 Å². The molecule has 0 bridgehead atoms.